The lowest BCUT2D eigenvalue weighted by molar-refractivity contribution is 0.111. The molecule has 4 nitrogen and oxygen atoms in total. The van der Waals surface area contributed by atoms with E-state index in [0.29, 0.717) is 19.4 Å². The van der Waals surface area contributed by atoms with Crippen LogP contribution in [0.4, 0.5) is 0 Å². The maximum absolute atomic E-state index is 11.2. The first-order valence-electron chi connectivity index (χ1n) is 5.21. The topological polar surface area (TPSA) is 69.4 Å². The summed E-state index contributed by atoms with van der Waals surface area (Å²) in [6.07, 6.45) is 1.03. The van der Waals surface area contributed by atoms with Gasteiger partial charge in [-0.05, 0) is 25.3 Å². The van der Waals surface area contributed by atoms with Crippen LogP contribution >= 0.6 is 0 Å². The van der Waals surface area contributed by atoms with Crippen LogP contribution in [0.15, 0.2) is 30.3 Å². The molecule has 0 amide bonds. The van der Waals surface area contributed by atoms with E-state index >= 15 is 0 Å². The minimum absolute atomic E-state index is 0.343. The number of benzene rings is 1. The third kappa shape index (κ3) is 4.30. The largest absolute Gasteiger partial charge is 0.361 e. The van der Waals surface area contributed by atoms with Crippen molar-refractivity contribution in [1.82, 2.24) is 0 Å². The zero-order chi connectivity index (χ0) is 12.0. The van der Waals surface area contributed by atoms with E-state index in [4.69, 9.17) is 9.88 Å². The SMILES string of the molecule is CCOC(CCc1ccccc1)S(N)(=O)=O. The fraction of sp³-hybridized carbons (Fsp3) is 0.455. The highest BCUT2D eigenvalue weighted by atomic mass is 32.2. The van der Waals surface area contributed by atoms with Gasteiger partial charge in [-0.1, -0.05) is 30.3 Å². The molecule has 0 aliphatic heterocycles. The maximum Gasteiger partial charge on any atom is 0.236 e. The molecule has 0 spiro atoms. The zero-order valence-electron chi connectivity index (χ0n) is 9.30. The molecular weight excluding hydrogens is 226 g/mol. The molecule has 90 valence electrons. The average Bonchev–Trinajstić information content (AvgIpc) is 2.24. The quantitative estimate of drug-likeness (QED) is 0.818. The lowest BCUT2D eigenvalue weighted by Crippen LogP contribution is -2.31. The second-order valence-electron chi connectivity index (χ2n) is 3.50. The summed E-state index contributed by atoms with van der Waals surface area (Å²) in [6, 6.07) is 9.66. The molecule has 0 saturated heterocycles. The van der Waals surface area contributed by atoms with E-state index < -0.39 is 15.5 Å². The Morgan fingerprint density at radius 3 is 2.44 bits per heavy atom. The van der Waals surface area contributed by atoms with Gasteiger partial charge >= 0.3 is 0 Å². The number of rotatable bonds is 6. The molecule has 0 aliphatic carbocycles. The number of hydrogen-bond donors (Lipinski definition) is 1. The van der Waals surface area contributed by atoms with E-state index in [1.807, 2.05) is 30.3 Å². The molecule has 0 saturated carbocycles. The van der Waals surface area contributed by atoms with Gasteiger partial charge < -0.3 is 4.74 Å². The van der Waals surface area contributed by atoms with Crippen molar-refractivity contribution in [1.29, 1.82) is 0 Å². The molecule has 0 bridgehead atoms. The molecule has 1 aromatic carbocycles. The van der Waals surface area contributed by atoms with E-state index in [1.54, 1.807) is 6.92 Å². The Bertz CT molecular complexity index is 402. The van der Waals surface area contributed by atoms with Gasteiger partial charge in [-0.15, -0.1) is 0 Å². The predicted octanol–water partition coefficient (Wildman–Crippen LogP) is 1.27. The van der Waals surface area contributed by atoms with Gasteiger partial charge in [0.15, 0.2) is 5.44 Å². The molecule has 0 heterocycles. The van der Waals surface area contributed by atoms with E-state index in [-0.39, 0.29) is 0 Å². The summed E-state index contributed by atoms with van der Waals surface area (Å²) in [6.45, 7) is 2.09. The first kappa shape index (κ1) is 13.2. The molecule has 5 heteroatoms. The van der Waals surface area contributed by atoms with E-state index in [1.165, 1.54) is 0 Å². The summed E-state index contributed by atoms with van der Waals surface area (Å²) in [5, 5.41) is 5.08. The number of aryl methyl sites for hydroxylation is 1. The smallest absolute Gasteiger partial charge is 0.236 e. The molecule has 0 aliphatic rings. The Morgan fingerprint density at radius 2 is 1.94 bits per heavy atom. The monoisotopic (exact) mass is 243 g/mol. The molecule has 2 N–H and O–H groups in total. The Hall–Kier alpha value is -0.910. The lowest BCUT2D eigenvalue weighted by Gasteiger charge is -2.14. The van der Waals surface area contributed by atoms with Crippen molar-refractivity contribution in [2.45, 2.75) is 25.2 Å². The fourth-order valence-electron chi connectivity index (χ4n) is 1.46. The van der Waals surface area contributed by atoms with Gasteiger partial charge in [-0.3, -0.25) is 0 Å². The Kier molecular flexibility index (Phi) is 4.92. The highest BCUT2D eigenvalue weighted by Gasteiger charge is 2.20. The minimum Gasteiger partial charge on any atom is -0.361 e. The van der Waals surface area contributed by atoms with Gasteiger partial charge in [0.25, 0.3) is 0 Å². The van der Waals surface area contributed by atoms with Gasteiger partial charge in [-0.25, -0.2) is 13.6 Å². The first-order chi connectivity index (χ1) is 7.54. The summed E-state index contributed by atoms with van der Waals surface area (Å²) in [4.78, 5) is 0. The maximum atomic E-state index is 11.2. The number of ether oxygens (including phenoxy) is 1. The van der Waals surface area contributed by atoms with Crippen LogP contribution in [0.1, 0.15) is 18.9 Å². The van der Waals surface area contributed by atoms with Crippen LogP contribution in [0, 0.1) is 0 Å². The fourth-order valence-corrected chi connectivity index (χ4v) is 2.23. The van der Waals surface area contributed by atoms with Crippen LogP contribution in [-0.4, -0.2) is 20.5 Å². The van der Waals surface area contributed by atoms with Crippen molar-refractivity contribution in [2.75, 3.05) is 6.61 Å². The third-order valence-corrected chi connectivity index (χ3v) is 3.34. The standard InChI is InChI=1S/C11H17NO3S/c1-2-15-11(16(12,13)14)9-8-10-6-4-3-5-7-10/h3-7,11H,2,8-9H2,1H3,(H2,12,13,14). The number of primary sulfonamides is 1. The van der Waals surface area contributed by atoms with Crippen LogP contribution < -0.4 is 5.14 Å². The molecule has 1 aromatic rings. The number of sulfonamides is 1. The highest BCUT2D eigenvalue weighted by molar-refractivity contribution is 7.89. The van der Waals surface area contributed by atoms with Crippen molar-refractivity contribution in [3.63, 3.8) is 0 Å². The Morgan fingerprint density at radius 1 is 1.31 bits per heavy atom. The molecule has 1 atom stereocenters. The summed E-state index contributed by atoms with van der Waals surface area (Å²) in [5.74, 6) is 0. The molecule has 1 rings (SSSR count). The van der Waals surface area contributed by atoms with Gasteiger partial charge in [0.2, 0.25) is 10.0 Å². The average molecular weight is 243 g/mol. The van der Waals surface area contributed by atoms with Gasteiger partial charge in [0, 0.05) is 6.61 Å². The van der Waals surface area contributed by atoms with Crippen molar-refractivity contribution < 1.29 is 13.2 Å². The van der Waals surface area contributed by atoms with Crippen LogP contribution in [-0.2, 0) is 21.2 Å². The molecule has 1 unspecified atom stereocenters. The van der Waals surface area contributed by atoms with Crippen LogP contribution in [0.2, 0.25) is 0 Å². The van der Waals surface area contributed by atoms with Crippen LogP contribution in [0.3, 0.4) is 0 Å². The minimum atomic E-state index is -3.62. The normalized spacial score (nSPS) is 13.6. The second kappa shape index (κ2) is 5.98. The zero-order valence-corrected chi connectivity index (χ0v) is 10.1. The summed E-state index contributed by atoms with van der Waals surface area (Å²) in [5.41, 5.74) is 0.175. The molecular formula is C11H17NO3S. The molecule has 16 heavy (non-hydrogen) atoms. The summed E-state index contributed by atoms with van der Waals surface area (Å²) >= 11 is 0. The van der Waals surface area contributed by atoms with Gasteiger partial charge in [-0.2, -0.15) is 0 Å². The number of nitrogens with two attached hydrogens (primary N) is 1. The van der Waals surface area contributed by atoms with E-state index in [2.05, 4.69) is 0 Å². The third-order valence-electron chi connectivity index (χ3n) is 2.23. The predicted molar refractivity (Wildman–Crippen MR) is 63.3 cm³/mol. The summed E-state index contributed by atoms with van der Waals surface area (Å²) < 4.78 is 27.5. The van der Waals surface area contributed by atoms with E-state index in [0.717, 1.165) is 5.56 Å². The van der Waals surface area contributed by atoms with Gasteiger partial charge in [0.1, 0.15) is 0 Å². The van der Waals surface area contributed by atoms with Gasteiger partial charge in [0.05, 0.1) is 0 Å². The summed E-state index contributed by atoms with van der Waals surface area (Å²) in [7, 11) is -3.62. The van der Waals surface area contributed by atoms with E-state index in [9.17, 15) is 8.42 Å². The molecule has 0 radical (unpaired) electrons. The van der Waals surface area contributed by atoms with Crippen molar-refractivity contribution >= 4 is 10.0 Å². The molecule has 0 fully saturated rings. The highest BCUT2D eigenvalue weighted by Crippen LogP contribution is 2.10. The van der Waals surface area contributed by atoms with Crippen LogP contribution in [0.5, 0.6) is 0 Å². The second-order valence-corrected chi connectivity index (χ2v) is 5.20. The molecule has 0 aromatic heterocycles. The Balaban J connectivity index is 2.58. The Labute approximate surface area is 96.5 Å². The van der Waals surface area contributed by atoms with Crippen molar-refractivity contribution in [2.24, 2.45) is 5.14 Å². The first-order valence-corrected chi connectivity index (χ1v) is 6.82. The number of hydrogen-bond acceptors (Lipinski definition) is 3. The van der Waals surface area contributed by atoms with Crippen LogP contribution in [0.25, 0.3) is 0 Å². The van der Waals surface area contributed by atoms with Crippen molar-refractivity contribution in [3.8, 4) is 0 Å². The van der Waals surface area contributed by atoms with Crippen molar-refractivity contribution in [3.05, 3.63) is 35.9 Å². The lowest BCUT2D eigenvalue weighted by atomic mass is 10.1.